The molecule has 2 aliphatic carbocycles. The van der Waals surface area contributed by atoms with Crippen LogP contribution in [0.1, 0.15) is 22.3 Å². The van der Waals surface area contributed by atoms with Crippen LogP contribution < -0.4 is 0 Å². The Morgan fingerprint density at radius 3 is 1.54 bits per heavy atom. The molecular formula is C56H35N3. The molecule has 0 amide bonds. The van der Waals surface area contributed by atoms with Crippen LogP contribution in [-0.2, 0) is 5.41 Å². The summed E-state index contributed by atoms with van der Waals surface area (Å²) in [4.78, 5) is 15.2. The van der Waals surface area contributed by atoms with Gasteiger partial charge in [-0.2, -0.15) is 0 Å². The van der Waals surface area contributed by atoms with E-state index in [1.54, 1.807) is 0 Å². The van der Waals surface area contributed by atoms with Crippen LogP contribution in [0.15, 0.2) is 213 Å². The number of hydrogen-bond acceptors (Lipinski definition) is 3. The van der Waals surface area contributed by atoms with Crippen LogP contribution in [0.2, 0.25) is 0 Å². The van der Waals surface area contributed by atoms with Crippen molar-refractivity contribution in [2.75, 3.05) is 0 Å². The van der Waals surface area contributed by atoms with Gasteiger partial charge < -0.3 is 0 Å². The molecule has 0 fully saturated rings. The topological polar surface area (TPSA) is 38.7 Å². The largest absolute Gasteiger partial charge is 0.264 e. The minimum atomic E-state index is -0.452. The first-order valence-electron chi connectivity index (χ1n) is 20.2. The third-order valence-corrected chi connectivity index (χ3v) is 12.4. The molecule has 59 heavy (non-hydrogen) atoms. The highest BCUT2D eigenvalue weighted by molar-refractivity contribution is 5.96. The third-order valence-electron chi connectivity index (χ3n) is 12.4. The lowest BCUT2D eigenvalue weighted by Gasteiger charge is -2.30. The van der Waals surface area contributed by atoms with Gasteiger partial charge in [0.1, 0.15) is 0 Å². The van der Waals surface area contributed by atoms with Crippen molar-refractivity contribution in [3.8, 4) is 78.4 Å². The number of fused-ring (bicyclic) bond motifs is 11. The second-order valence-corrected chi connectivity index (χ2v) is 15.6. The lowest BCUT2D eigenvalue weighted by molar-refractivity contribution is 0.794. The van der Waals surface area contributed by atoms with E-state index in [1.807, 2.05) is 18.5 Å². The van der Waals surface area contributed by atoms with E-state index in [0.717, 1.165) is 39.2 Å². The third kappa shape index (κ3) is 5.18. The number of nitrogens with zero attached hydrogens (tertiary/aromatic N) is 3. The van der Waals surface area contributed by atoms with E-state index >= 15 is 0 Å². The number of benzene rings is 8. The average molecular weight is 750 g/mol. The van der Waals surface area contributed by atoms with Crippen molar-refractivity contribution in [1.29, 1.82) is 0 Å². The van der Waals surface area contributed by atoms with Crippen LogP contribution >= 0.6 is 0 Å². The van der Waals surface area contributed by atoms with Crippen molar-refractivity contribution in [2.45, 2.75) is 5.41 Å². The second-order valence-electron chi connectivity index (χ2n) is 15.6. The summed E-state index contributed by atoms with van der Waals surface area (Å²) < 4.78 is 0. The zero-order chi connectivity index (χ0) is 38.9. The van der Waals surface area contributed by atoms with Gasteiger partial charge in [0, 0.05) is 34.6 Å². The Hall–Kier alpha value is -7.75. The van der Waals surface area contributed by atoms with Gasteiger partial charge in [0.05, 0.1) is 16.8 Å². The van der Waals surface area contributed by atoms with E-state index in [2.05, 4.69) is 199 Å². The van der Waals surface area contributed by atoms with E-state index in [1.165, 1.54) is 66.4 Å². The summed E-state index contributed by atoms with van der Waals surface area (Å²) in [5.41, 5.74) is 19.2. The van der Waals surface area contributed by atoms with Gasteiger partial charge in [-0.15, -0.1) is 0 Å². The normalized spacial score (nSPS) is 12.9. The molecule has 0 N–H and O–H groups in total. The van der Waals surface area contributed by atoms with Crippen LogP contribution in [-0.4, -0.2) is 15.0 Å². The van der Waals surface area contributed by atoms with Gasteiger partial charge in [-0.25, -0.2) is 9.97 Å². The zero-order valence-electron chi connectivity index (χ0n) is 32.0. The van der Waals surface area contributed by atoms with Crippen molar-refractivity contribution in [3.05, 3.63) is 235 Å². The fourth-order valence-electron chi connectivity index (χ4n) is 9.70. The fraction of sp³-hybridized carbons (Fsp3) is 0.0179. The Bertz CT molecular complexity index is 3210. The van der Waals surface area contributed by atoms with Crippen molar-refractivity contribution in [2.24, 2.45) is 0 Å². The maximum atomic E-state index is 5.38. The SMILES string of the molecule is c1cncc(-c2cccc(-c3cc(-c4ccc(-c5ccc6ccccc6c5)cc4)nc(-c4ccc5c(c4)C4(c6ccccc6-c6ccccc64)c4ccccc4-5)n3)c2)c1. The molecule has 0 saturated heterocycles. The quantitative estimate of drug-likeness (QED) is 0.176. The molecular weight excluding hydrogens is 715 g/mol. The summed E-state index contributed by atoms with van der Waals surface area (Å²) in [6.07, 6.45) is 3.72. The van der Waals surface area contributed by atoms with E-state index in [0.29, 0.717) is 5.82 Å². The Balaban J connectivity index is 1.04. The van der Waals surface area contributed by atoms with Gasteiger partial charge in [0.25, 0.3) is 0 Å². The summed E-state index contributed by atoms with van der Waals surface area (Å²) in [5, 5.41) is 2.47. The molecule has 0 radical (unpaired) electrons. The van der Waals surface area contributed by atoms with Gasteiger partial charge in [-0.3, -0.25) is 4.98 Å². The standard InChI is InChI=1S/C56H35N3/c1-2-12-39-31-41(27-24-36(39)11-1)37-22-25-38(26-23-37)53-34-54(42-14-9-13-40(32-42)44-15-10-30-57-35-44)59-55(58-53)43-28-29-48-47-18-5-8-21-51(47)56(52(48)33-43)49-19-6-3-16-45(49)46-17-4-7-20-50(46)56/h1-35H. The maximum Gasteiger partial charge on any atom is 0.160 e. The average Bonchev–Trinajstić information content (AvgIpc) is 3.79. The molecule has 8 aromatic carbocycles. The van der Waals surface area contributed by atoms with Gasteiger partial charge >= 0.3 is 0 Å². The first-order chi connectivity index (χ1) is 29.2. The van der Waals surface area contributed by atoms with Crippen LogP contribution in [0.3, 0.4) is 0 Å². The molecule has 3 nitrogen and oxygen atoms in total. The van der Waals surface area contributed by atoms with Crippen molar-refractivity contribution in [1.82, 2.24) is 15.0 Å². The Morgan fingerprint density at radius 1 is 0.305 bits per heavy atom. The molecule has 12 rings (SSSR count). The van der Waals surface area contributed by atoms with E-state index in [-0.39, 0.29) is 0 Å². The minimum Gasteiger partial charge on any atom is -0.264 e. The zero-order valence-corrected chi connectivity index (χ0v) is 32.0. The molecule has 0 unspecified atom stereocenters. The first-order valence-corrected chi connectivity index (χ1v) is 20.2. The summed E-state index contributed by atoms with van der Waals surface area (Å²) in [6.45, 7) is 0. The summed E-state index contributed by atoms with van der Waals surface area (Å²) >= 11 is 0. The van der Waals surface area contributed by atoms with Crippen LogP contribution in [0.4, 0.5) is 0 Å². The minimum absolute atomic E-state index is 0.452. The van der Waals surface area contributed by atoms with E-state index in [9.17, 15) is 0 Å². The highest BCUT2D eigenvalue weighted by Crippen LogP contribution is 2.63. The van der Waals surface area contributed by atoms with E-state index < -0.39 is 5.41 Å². The van der Waals surface area contributed by atoms with Crippen molar-refractivity contribution >= 4 is 10.8 Å². The lowest BCUT2D eigenvalue weighted by atomic mass is 9.70. The molecule has 0 atom stereocenters. The van der Waals surface area contributed by atoms with Gasteiger partial charge in [-0.05, 0) is 102 Å². The summed E-state index contributed by atoms with van der Waals surface area (Å²) in [6, 6.07) is 72.4. The van der Waals surface area contributed by atoms with Crippen molar-refractivity contribution in [3.63, 3.8) is 0 Å². The predicted molar refractivity (Wildman–Crippen MR) is 241 cm³/mol. The summed E-state index contributed by atoms with van der Waals surface area (Å²) in [5.74, 6) is 0.691. The van der Waals surface area contributed by atoms with Gasteiger partial charge in [0.15, 0.2) is 5.82 Å². The van der Waals surface area contributed by atoms with Crippen LogP contribution in [0.5, 0.6) is 0 Å². The number of hydrogen-bond donors (Lipinski definition) is 0. The molecule has 274 valence electrons. The molecule has 0 saturated carbocycles. The fourth-order valence-corrected chi connectivity index (χ4v) is 9.70. The molecule has 2 heterocycles. The van der Waals surface area contributed by atoms with E-state index in [4.69, 9.17) is 9.97 Å². The molecule has 3 heteroatoms. The number of rotatable bonds is 5. The molecule has 2 aliphatic rings. The number of pyridine rings is 1. The Kier molecular flexibility index (Phi) is 7.45. The first kappa shape index (κ1) is 33.4. The van der Waals surface area contributed by atoms with Crippen LogP contribution in [0, 0.1) is 0 Å². The van der Waals surface area contributed by atoms with Gasteiger partial charge in [-0.1, -0.05) is 170 Å². The highest BCUT2D eigenvalue weighted by atomic mass is 14.9. The Morgan fingerprint density at radius 2 is 0.847 bits per heavy atom. The van der Waals surface area contributed by atoms with Crippen molar-refractivity contribution < 1.29 is 0 Å². The number of aromatic nitrogens is 3. The molecule has 0 aliphatic heterocycles. The maximum absolute atomic E-state index is 5.38. The second kappa shape index (κ2) is 13.2. The molecule has 2 aromatic heterocycles. The monoisotopic (exact) mass is 749 g/mol. The predicted octanol–water partition coefficient (Wildman–Crippen LogP) is 13.7. The van der Waals surface area contributed by atoms with Crippen LogP contribution in [0.25, 0.3) is 89.2 Å². The Labute approximate surface area is 343 Å². The summed E-state index contributed by atoms with van der Waals surface area (Å²) in [7, 11) is 0. The van der Waals surface area contributed by atoms with Gasteiger partial charge in [0.2, 0.25) is 0 Å². The smallest absolute Gasteiger partial charge is 0.160 e. The molecule has 0 bridgehead atoms. The molecule has 1 spiro atoms. The molecule has 10 aromatic rings. The lowest BCUT2D eigenvalue weighted by Crippen LogP contribution is -2.25. The highest BCUT2D eigenvalue weighted by Gasteiger charge is 2.51.